The lowest BCUT2D eigenvalue weighted by Crippen LogP contribution is -2.44. The average molecular weight is 225 g/mol. The SMILES string of the molecule is CC1(c2ccccc2)CC(C(O)CCl)C1. The van der Waals surface area contributed by atoms with Crippen molar-refractivity contribution in [1.82, 2.24) is 0 Å². The van der Waals surface area contributed by atoms with Crippen LogP contribution in [0.4, 0.5) is 0 Å². The molecule has 1 fully saturated rings. The van der Waals surface area contributed by atoms with E-state index >= 15 is 0 Å². The van der Waals surface area contributed by atoms with E-state index in [9.17, 15) is 5.11 Å². The van der Waals surface area contributed by atoms with Crippen LogP contribution in [-0.4, -0.2) is 17.1 Å². The minimum atomic E-state index is -0.330. The van der Waals surface area contributed by atoms with Gasteiger partial charge in [0, 0.05) is 5.88 Å². The number of benzene rings is 1. The zero-order valence-corrected chi connectivity index (χ0v) is 9.74. The number of hydrogen-bond acceptors (Lipinski definition) is 1. The normalized spacial score (nSPS) is 32.1. The molecule has 1 atom stereocenters. The molecule has 82 valence electrons. The Morgan fingerprint density at radius 2 is 2.00 bits per heavy atom. The van der Waals surface area contributed by atoms with Crippen molar-refractivity contribution >= 4 is 11.6 Å². The first-order valence-electron chi connectivity index (χ1n) is 5.45. The highest BCUT2D eigenvalue weighted by molar-refractivity contribution is 6.18. The van der Waals surface area contributed by atoms with E-state index in [4.69, 9.17) is 11.6 Å². The van der Waals surface area contributed by atoms with Gasteiger partial charge in [-0.25, -0.2) is 0 Å². The largest absolute Gasteiger partial charge is 0.392 e. The lowest BCUT2D eigenvalue weighted by atomic mass is 9.58. The smallest absolute Gasteiger partial charge is 0.0704 e. The Morgan fingerprint density at radius 3 is 2.53 bits per heavy atom. The van der Waals surface area contributed by atoms with Crippen LogP contribution in [0.25, 0.3) is 0 Å². The second-order valence-electron chi connectivity index (χ2n) is 4.82. The summed E-state index contributed by atoms with van der Waals surface area (Å²) in [7, 11) is 0. The standard InChI is InChI=1S/C13H17ClO/c1-13(11-5-3-2-4-6-11)7-10(8-13)12(15)9-14/h2-6,10,12,15H,7-9H2,1H3. The van der Waals surface area contributed by atoms with Gasteiger partial charge in [0.2, 0.25) is 0 Å². The molecule has 0 radical (unpaired) electrons. The molecule has 2 heteroatoms. The quantitative estimate of drug-likeness (QED) is 0.783. The second-order valence-corrected chi connectivity index (χ2v) is 5.13. The molecule has 1 aromatic rings. The van der Waals surface area contributed by atoms with Crippen molar-refractivity contribution in [2.24, 2.45) is 5.92 Å². The van der Waals surface area contributed by atoms with Crippen LogP contribution in [-0.2, 0) is 5.41 Å². The second kappa shape index (κ2) is 4.15. The molecule has 1 aromatic carbocycles. The number of aliphatic hydroxyl groups excluding tert-OH is 1. The predicted molar refractivity (Wildman–Crippen MR) is 63.2 cm³/mol. The zero-order valence-electron chi connectivity index (χ0n) is 8.99. The highest BCUT2D eigenvalue weighted by atomic mass is 35.5. The fourth-order valence-electron chi connectivity index (χ4n) is 2.57. The van der Waals surface area contributed by atoms with Crippen LogP contribution in [0, 0.1) is 5.92 Å². The molecular formula is C13H17ClO. The molecule has 1 unspecified atom stereocenters. The van der Waals surface area contributed by atoms with Crippen LogP contribution in [0.3, 0.4) is 0 Å². The van der Waals surface area contributed by atoms with Crippen LogP contribution >= 0.6 is 11.6 Å². The molecule has 1 saturated carbocycles. The number of halogens is 1. The summed E-state index contributed by atoms with van der Waals surface area (Å²) in [6.07, 6.45) is 1.76. The van der Waals surface area contributed by atoms with E-state index in [-0.39, 0.29) is 11.5 Å². The van der Waals surface area contributed by atoms with Crippen LogP contribution in [0.5, 0.6) is 0 Å². The number of rotatable bonds is 3. The lowest BCUT2D eigenvalue weighted by molar-refractivity contribution is 0.0293. The summed E-state index contributed by atoms with van der Waals surface area (Å²) in [5.41, 5.74) is 1.63. The van der Waals surface area contributed by atoms with Crippen molar-refractivity contribution in [3.63, 3.8) is 0 Å². The summed E-state index contributed by atoms with van der Waals surface area (Å²) in [5, 5.41) is 9.62. The molecular weight excluding hydrogens is 208 g/mol. The van der Waals surface area contributed by atoms with Gasteiger partial charge in [0.05, 0.1) is 6.10 Å². The topological polar surface area (TPSA) is 20.2 Å². The monoisotopic (exact) mass is 224 g/mol. The summed E-state index contributed by atoms with van der Waals surface area (Å²) >= 11 is 5.65. The van der Waals surface area contributed by atoms with Gasteiger partial charge in [-0.1, -0.05) is 37.3 Å². The summed E-state index contributed by atoms with van der Waals surface area (Å²) in [6, 6.07) is 10.5. The average Bonchev–Trinajstić information content (AvgIpc) is 2.25. The fraction of sp³-hybridized carbons (Fsp3) is 0.538. The Morgan fingerprint density at radius 1 is 1.40 bits per heavy atom. The summed E-state index contributed by atoms with van der Waals surface area (Å²) < 4.78 is 0. The minimum absolute atomic E-state index is 0.249. The van der Waals surface area contributed by atoms with E-state index in [2.05, 4.69) is 31.2 Å². The van der Waals surface area contributed by atoms with Crippen LogP contribution < -0.4 is 0 Å². The third kappa shape index (κ3) is 2.04. The van der Waals surface area contributed by atoms with Gasteiger partial charge in [0.1, 0.15) is 0 Å². The van der Waals surface area contributed by atoms with Gasteiger partial charge in [-0.2, -0.15) is 0 Å². The first-order chi connectivity index (χ1) is 7.15. The van der Waals surface area contributed by atoms with Crippen LogP contribution in [0.1, 0.15) is 25.3 Å². The van der Waals surface area contributed by atoms with Gasteiger partial charge in [0.25, 0.3) is 0 Å². The van der Waals surface area contributed by atoms with Crippen molar-refractivity contribution in [3.8, 4) is 0 Å². The predicted octanol–water partition coefficient (Wildman–Crippen LogP) is 2.95. The molecule has 15 heavy (non-hydrogen) atoms. The summed E-state index contributed by atoms with van der Waals surface area (Å²) in [5.74, 6) is 0.739. The molecule has 1 N–H and O–H groups in total. The molecule has 0 heterocycles. The molecule has 1 aliphatic carbocycles. The van der Waals surface area contributed by atoms with Crippen molar-refractivity contribution in [2.45, 2.75) is 31.3 Å². The van der Waals surface area contributed by atoms with Crippen LogP contribution in [0.2, 0.25) is 0 Å². The van der Waals surface area contributed by atoms with Crippen molar-refractivity contribution < 1.29 is 5.11 Å². The molecule has 0 bridgehead atoms. The molecule has 1 nitrogen and oxygen atoms in total. The Labute approximate surface area is 96.1 Å². The van der Waals surface area contributed by atoms with E-state index in [1.807, 2.05) is 6.07 Å². The van der Waals surface area contributed by atoms with Crippen LogP contribution in [0.15, 0.2) is 30.3 Å². The first-order valence-corrected chi connectivity index (χ1v) is 5.99. The lowest BCUT2D eigenvalue weighted by Gasteiger charge is -2.47. The molecule has 1 aliphatic rings. The number of alkyl halides is 1. The van der Waals surface area contributed by atoms with E-state index in [0.717, 1.165) is 12.8 Å². The summed E-state index contributed by atoms with van der Waals surface area (Å²) in [6.45, 7) is 2.26. The molecule has 2 rings (SSSR count). The van der Waals surface area contributed by atoms with E-state index in [1.165, 1.54) is 5.56 Å². The maximum absolute atomic E-state index is 9.62. The Kier molecular flexibility index (Phi) is 3.03. The van der Waals surface area contributed by atoms with E-state index in [0.29, 0.717) is 11.8 Å². The summed E-state index contributed by atoms with van der Waals surface area (Å²) in [4.78, 5) is 0. The van der Waals surface area contributed by atoms with Crippen molar-refractivity contribution in [1.29, 1.82) is 0 Å². The van der Waals surface area contributed by atoms with Gasteiger partial charge in [-0.15, -0.1) is 11.6 Å². The molecule has 0 saturated heterocycles. The first kappa shape index (κ1) is 11.0. The maximum atomic E-state index is 9.62. The number of aliphatic hydroxyl groups is 1. The van der Waals surface area contributed by atoms with E-state index < -0.39 is 0 Å². The molecule has 0 aromatic heterocycles. The number of hydrogen-bond donors (Lipinski definition) is 1. The Balaban J connectivity index is 2.02. The highest BCUT2D eigenvalue weighted by Crippen LogP contribution is 2.48. The molecule has 0 aliphatic heterocycles. The minimum Gasteiger partial charge on any atom is -0.392 e. The van der Waals surface area contributed by atoms with Gasteiger partial charge in [-0.3, -0.25) is 0 Å². The van der Waals surface area contributed by atoms with E-state index in [1.54, 1.807) is 0 Å². The Hall–Kier alpha value is -0.530. The van der Waals surface area contributed by atoms with Gasteiger partial charge < -0.3 is 5.11 Å². The third-order valence-electron chi connectivity index (χ3n) is 3.60. The maximum Gasteiger partial charge on any atom is 0.0704 e. The molecule has 0 amide bonds. The van der Waals surface area contributed by atoms with Gasteiger partial charge >= 0.3 is 0 Å². The zero-order chi connectivity index (χ0) is 10.9. The van der Waals surface area contributed by atoms with Gasteiger partial charge in [-0.05, 0) is 29.7 Å². The van der Waals surface area contributed by atoms with Gasteiger partial charge in [0.15, 0.2) is 0 Å². The van der Waals surface area contributed by atoms with Crippen molar-refractivity contribution in [2.75, 3.05) is 5.88 Å². The fourth-order valence-corrected chi connectivity index (χ4v) is 2.82. The third-order valence-corrected chi connectivity index (χ3v) is 3.91. The molecule has 0 spiro atoms. The Bertz CT molecular complexity index is 317. The highest BCUT2D eigenvalue weighted by Gasteiger charge is 2.43. The van der Waals surface area contributed by atoms with Crippen molar-refractivity contribution in [3.05, 3.63) is 35.9 Å².